The van der Waals surface area contributed by atoms with Crippen molar-refractivity contribution in [3.63, 3.8) is 0 Å². The molecule has 2 amide bonds. The van der Waals surface area contributed by atoms with E-state index in [1.54, 1.807) is 26.2 Å². The number of nitrogens with one attached hydrogen (secondary N) is 1. The first-order valence-electron chi connectivity index (χ1n) is 10.1. The summed E-state index contributed by atoms with van der Waals surface area (Å²) in [6.45, 7) is 6.21. The Morgan fingerprint density at radius 2 is 2.06 bits per heavy atom. The minimum absolute atomic E-state index is 0.0217. The molecule has 2 aliphatic rings. The fraction of sp³-hybridized carbons (Fsp3) is 0.500. The van der Waals surface area contributed by atoms with Gasteiger partial charge in [-0.15, -0.1) is 23.1 Å². The van der Waals surface area contributed by atoms with Crippen LogP contribution < -0.4 is 11.1 Å². The van der Waals surface area contributed by atoms with Crippen LogP contribution in [0.15, 0.2) is 21.8 Å². The topological polar surface area (TPSA) is 163 Å². The van der Waals surface area contributed by atoms with E-state index in [1.165, 1.54) is 30.7 Å². The number of amides is 2. The molecule has 0 bridgehead atoms. The van der Waals surface area contributed by atoms with Gasteiger partial charge in [0.1, 0.15) is 42.1 Å². The van der Waals surface area contributed by atoms with Crippen LogP contribution in [0.3, 0.4) is 0 Å². The molecular formula is C20H25N5O7S2. The first-order chi connectivity index (χ1) is 15.9. The van der Waals surface area contributed by atoms with E-state index in [-0.39, 0.29) is 28.8 Å². The minimum atomic E-state index is -0.928. The van der Waals surface area contributed by atoms with Crippen molar-refractivity contribution in [3.8, 4) is 0 Å². The summed E-state index contributed by atoms with van der Waals surface area (Å²) in [5.41, 5.74) is 5.37. The number of ether oxygens (including phenoxy) is 2. The van der Waals surface area contributed by atoms with Gasteiger partial charge in [-0.1, -0.05) is 5.16 Å². The van der Waals surface area contributed by atoms with Gasteiger partial charge < -0.3 is 25.4 Å². The Kier molecular flexibility index (Phi) is 7.51. The van der Waals surface area contributed by atoms with Crippen LogP contribution in [0, 0.1) is 0 Å². The number of nitrogen functional groups attached to an aromatic ring is 1. The minimum Gasteiger partial charge on any atom is -0.461 e. The molecule has 3 rings (SSSR count). The van der Waals surface area contributed by atoms with Gasteiger partial charge in [0, 0.05) is 23.6 Å². The Morgan fingerprint density at radius 3 is 2.62 bits per heavy atom. The SMILES string of the molecule is CO/N=C(/C(=O)NC1C(=O)N2C(C(=O)OC(C)(C)C)=C(COC(C)=O)CS[C@H]12)c1csc(N)n1. The summed E-state index contributed by atoms with van der Waals surface area (Å²) in [7, 11) is 1.28. The van der Waals surface area contributed by atoms with E-state index in [0.717, 1.165) is 11.3 Å². The number of carbonyl (C=O) groups is 4. The van der Waals surface area contributed by atoms with Gasteiger partial charge in [-0.25, -0.2) is 9.78 Å². The number of nitrogens with two attached hydrogens (primary N) is 1. The smallest absolute Gasteiger partial charge is 0.355 e. The molecule has 0 aromatic carbocycles. The summed E-state index contributed by atoms with van der Waals surface area (Å²) in [6.07, 6.45) is 0. The number of carbonyl (C=O) groups excluding carboxylic acids is 4. The molecule has 0 aliphatic carbocycles. The number of thiazole rings is 1. The van der Waals surface area contributed by atoms with E-state index in [9.17, 15) is 19.2 Å². The third kappa shape index (κ3) is 5.50. The Morgan fingerprint density at radius 1 is 1.35 bits per heavy atom. The molecule has 184 valence electrons. The van der Waals surface area contributed by atoms with Gasteiger partial charge in [0.2, 0.25) is 0 Å². The molecule has 0 saturated carbocycles. The van der Waals surface area contributed by atoms with Crippen molar-refractivity contribution >= 4 is 57.7 Å². The zero-order valence-corrected chi connectivity index (χ0v) is 20.9. The van der Waals surface area contributed by atoms with E-state index in [4.69, 9.17) is 20.0 Å². The van der Waals surface area contributed by atoms with E-state index >= 15 is 0 Å². The molecule has 14 heteroatoms. The number of hydrogen-bond acceptors (Lipinski definition) is 12. The molecule has 3 N–H and O–H groups in total. The summed E-state index contributed by atoms with van der Waals surface area (Å²) < 4.78 is 10.5. The highest BCUT2D eigenvalue weighted by molar-refractivity contribution is 8.00. The van der Waals surface area contributed by atoms with Gasteiger partial charge in [0.25, 0.3) is 11.8 Å². The molecule has 0 spiro atoms. The molecule has 1 saturated heterocycles. The second kappa shape index (κ2) is 10.0. The maximum absolute atomic E-state index is 13.1. The Balaban J connectivity index is 1.83. The number of anilines is 1. The highest BCUT2D eigenvalue weighted by Gasteiger charge is 2.55. The third-order valence-electron chi connectivity index (χ3n) is 4.54. The molecule has 0 radical (unpaired) electrons. The average Bonchev–Trinajstić information content (AvgIpc) is 3.17. The first-order valence-corrected chi connectivity index (χ1v) is 12.0. The molecular weight excluding hydrogens is 486 g/mol. The monoisotopic (exact) mass is 511 g/mol. The summed E-state index contributed by atoms with van der Waals surface area (Å²) >= 11 is 2.45. The second-order valence-electron chi connectivity index (χ2n) is 8.29. The number of aromatic nitrogens is 1. The average molecular weight is 512 g/mol. The summed E-state index contributed by atoms with van der Waals surface area (Å²) in [4.78, 5) is 60.2. The highest BCUT2D eigenvalue weighted by atomic mass is 32.2. The predicted octanol–water partition coefficient (Wildman–Crippen LogP) is 0.635. The number of nitrogens with zero attached hydrogens (tertiary/aromatic N) is 3. The lowest BCUT2D eigenvalue weighted by molar-refractivity contribution is -0.159. The fourth-order valence-electron chi connectivity index (χ4n) is 3.20. The van der Waals surface area contributed by atoms with E-state index in [2.05, 4.69) is 15.5 Å². The lowest BCUT2D eigenvalue weighted by atomic mass is 10.0. The Hall–Kier alpha value is -3.13. The van der Waals surface area contributed by atoms with E-state index < -0.39 is 40.8 Å². The van der Waals surface area contributed by atoms with E-state index in [0.29, 0.717) is 11.3 Å². The van der Waals surface area contributed by atoms with Gasteiger partial charge in [0.05, 0.1) is 0 Å². The van der Waals surface area contributed by atoms with Crippen LogP contribution in [0.5, 0.6) is 0 Å². The maximum Gasteiger partial charge on any atom is 0.355 e. The maximum atomic E-state index is 13.1. The number of thioether (sulfide) groups is 1. The van der Waals surface area contributed by atoms with Gasteiger partial charge in [0.15, 0.2) is 10.8 Å². The Labute approximate surface area is 203 Å². The molecule has 1 fully saturated rings. The van der Waals surface area contributed by atoms with Gasteiger partial charge >= 0.3 is 11.9 Å². The second-order valence-corrected chi connectivity index (χ2v) is 10.3. The first kappa shape index (κ1) is 25.5. The molecule has 2 atom stereocenters. The summed E-state index contributed by atoms with van der Waals surface area (Å²) in [6, 6.07) is -0.928. The largest absolute Gasteiger partial charge is 0.461 e. The van der Waals surface area contributed by atoms with Gasteiger partial charge in [-0.05, 0) is 20.8 Å². The highest BCUT2D eigenvalue weighted by Crippen LogP contribution is 2.41. The van der Waals surface area contributed by atoms with Crippen molar-refractivity contribution < 1.29 is 33.5 Å². The fourth-order valence-corrected chi connectivity index (χ4v) is 5.07. The quantitative estimate of drug-likeness (QED) is 0.230. The summed E-state index contributed by atoms with van der Waals surface area (Å²) in [5.74, 6) is -2.13. The number of hydrogen-bond donors (Lipinski definition) is 2. The molecule has 12 nitrogen and oxygen atoms in total. The van der Waals surface area contributed by atoms with Crippen LogP contribution in [-0.2, 0) is 33.5 Å². The number of esters is 2. The van der Waals surface area contributed by atoms with Crippen LogP contribution in [0.4, 0.5) is 5.13 Å². The van der Waals surface area contributed by atoms with Crippen molar-refractivity contribution in [2.45, 2.75) is 44.7 Å². The van der Waals surface area contributed by atoms with Crippen molar-refractivity contribution in [3.05, 3.63) is 22.3 Å². The molecule has 2 aliphatic heterocycles. The Bertz CT molecular complexity index is 1080. The predicted molar refractivity (Wildman–Crippen MR) is 125 cm³/mol. The molecule has 1 unspecified atom stereocenters. The van der Waals surface area contributed by atoms with Crippen LogP contribution in [0.25, 0.3) is 0 Å². The molecule has 1 aromatic heterocycles. The number of oxime groups is 1. The number of rotatable bonds is 7. The number of β-lactam (4-membered cyclic amide) rings is 1. The number of fused-ring (bicyclic) bond motifs is 1. The lowest BCUT2D eigenvalue weighted by Crippen LogP contribution is -2.71. The van der Waals surface area contributed by atoms with Crippen LogP contribution in [0.1, 0.15) is 33.4 Å². The normalized spacial score (nSPS) is 20.3. The van der Waals surface area contributed by atoms with Gasteiger partial charge in [-0.3, -0.25) is 19.3 Å². The van der Waals surface area contributed by atoms with Crippen LogP contribution >= 0.6 is 23.1 Å². The molecule has 1 aromatic rings. The van der Waals surface area contributed by atoms with Gasteiger partial charge in [-0.2, -0.15) is 0 Å². The lowest BCUT2D eigenvalue weighted by Gasteiger charge is -2.49. The van der Waals surface area contributed by atoms with Crippen molar-refractivity contribution in [1.29, 1.82) is 0 Å². The molecule has 3 heterocycles. The summed E-state index contributed by atoms with van der Waals surface area (Å²) in [5, 5.41) is 7.57. The van der Waals surface area contributed by atoms with Crippen molar-refractivity contribution in [1.82, 2.24) is 15.2 Å². The van der Waals surface area contributed by atoms with Crippen molar-refractivity contribution in [2.75, 3.05) is 25.2 Å². The van der Waals surface area contributed by atoms with E-state index in [1.807, 2.05) is 0 Å². The molecule has 34 heavy (non-hydrogen) atoms. The van der Waals surface area contributed by atoms with Crippen LogP contribution in [0.2, 0.25) is 0 Å². The zero-order chi connectivity index (χ0) is 25.2. The third-order valence-corrected chi connectivity index (χ3v) is 6.55. The van der Waals surface area contributed by atoms with Crippen molar-refractivity contribution in [2.24, 2.45) is 5.16 Å². The zero-order valence-electron chi connectivity index (χ0n) is 19.2. The van der Waals surface area contributed by atoms with Crippen LogP contribution in [-0.4, -0.2) is 75.8 Å². The standard InChI is InChI=1S/C20H25N5O7S2/c1-9(26)31-6-10-7-33-17-13(16(28)25(17)14(10)18(29)32-20(2,3)4)23-15(27)12(24-30-5)11-8-34-19(21)22-11/h8,13,17H,6-7H2,1-5H3,(H2,21,22)(H,23,27)/b24-12+/t13?,17-/m1/s1.